The van der Waals surface area contributed by atoms with E-state index in [1.54, 1.807) is 13.8 Å². The molecule has 0 spiro atoms. The molecule has 6 heteroatoms. The Kier molecular flexibility index (Phi) is 4.20. The van der Waals surface area contributed by atoms with E-state index in [-0.39, 0.29) is 24.7 Å². The van der Waals surface area contributed by atoms with Crippen LogP contribution in [0.15, 0.2) is 24.3 Å². The summed E-state index contributed by atoms with van der Waals surface area (Å²) < 4.78 is 0. The molecule has 1 atom stereocenters. The molecule has 1 amide bonds. The Balaban J connectivity index is 2.04. The highest BCUT2D eigenvalue weighted by molar-refractivity contribution is 6.03. The second kappa shape index (κ2) is 6.20. The van der Waals surface area contributed by atoms with Crippen LogP contribution < -0.4 is 0 Å². The summed E-state index contributed by atoms with van der Waals surface area (Å²) in [6.07, 6.45) is 0.277. The lowest BCUT2D eigenvalue weighted by Gasteiger charge is -2.34. The number of aromatic amines is 1. The Labute approximate surface area is 145 Å². The molecule has 0 saturated carbocycles. The molecular weight excluding hydrogens is 320 g/mol. The number of amides is 1. The van der Waals surface area contributed by atoms with Gasteiger partial charge in [0.05, 0.1) is 11.3 Å². The fourth-order valence-corrected chi connectivity index (χ4v) is 3.52. The number of nitrogens with one attached hydrogen (secondary N) is 1. The van der Waals surface area contributed by atoms with Crippen molar-refractivity contribution >= 4 is 17.7 Å². The fraction of sp³-hybridized carbons (Fsp3) is 0.316. The van der Waals surface area contributed by atoms with Crippen LogP contribution in [0.5, 0.6) is 0 Å². The lowest BCUT2D eigenvalue weighted by Crippen LogP contribution is -2.48. The zero-order valence-electron chi connectivity index (χ0n) is 14.4. The third-order valence-electron chi connectivity index (χ3n) is 4.80. The molecule has 0 fully saturated rings. The molecule has 1 aliphatic heterocycles. The van der Waals surface area contributed by atoms with Gasteiger partial charge in [-0.05, 0) is 30.5 Å². The molecule has 0 saturated heterocycles. The molecule has 6 nitrogen and oxygen atoms in total. The summed E-state index contributed by atoms with van der Waals surface area (Å²) in [6, 6.07) is 6.63. The van der Waals surface area contributed by atoms with Gasteiger partial charge in [0.15, 0.2) is 5.78 Å². The van der Waals surface area contributed by atoms with Crippen molar-refractivity contribution in [1.29, 1.82) is 0 Å². The zero-order chi connectivity index (χ0) is 18.3. The molecule has 1 unspecified atom stereocenters. The minimum atomic E-state index is -1.03. The molecule has 2 heterocycles. The van der Waals surface area contributed by atoms with Gasteiger partial charge in [0, 0.05) is 25.6 Å². The average Bonchev–Trinajstić information content (AvgIpc) is 2.87. The third-order valence-corrected chi connectivity index (χ3v) is 4.80. The number of Topliss-reactive ketones (excluding diaryl/α,β-unsaturated/α-hetero) is 1. The first kappa shape index (κ1) is 17.0. The van der Waals surface area contributed by atoms with Crippen LogP contribution in [0.2, 0.25) is 0 Å². The van der Waals surface area contributed by atoms with E-state index in [2.05, 4.69) is 4.98 Å². The van der Waals surface area contributed by atoms with Crippen LogP contribution in [0.4, 0.5) is 0 Å². The van der Waals surface area contributed by atoms with Gasteiger partial charge in [-0.15, -0.1) is 0 Å². The highest BCUT2D eigenvalue weighted by atomic mass is 16.4. The number of fused-ring (bicyclic) bond motifs is 1. The SMILES string of the molecule is CC(=O)c1[nH]c(C)c(C(=O)N2Cc3ccccc3CC2C(=O)O)c1C. The molecule has 1 aliphatic rings. The summed E-state index contributed by atoms with van der Waals surface area (Å²) >= 11 is 0. The highest BCUT2D eigenvalue weighted by Gasteiger charge is 2.36. The van der Waals surface area contributed by atoms with Crippen molar-refractivity contribution in [2.24, 2.45) is 0 Å². The maximum Gasteiger partial charge on any atom is 0.326 e. The standard InChI is InChI=1S/C19H20N2O4/c1-10-16(11(2)20-17(10)12(3)22)18(23)21-9-14-7-5-4-6-13(14)8-15(21)19(24)25/h4-7,15,20H,8-9H2,1-3H3,(H,24,25). The van der Waals surface area contributed by atoms with Gasteiger partial charge in [-0.25, -0.2) is 4.79 Å². The number of benzene rings is 1. The predicted molar refractivity (Wildman–Crippen MR) is 91.7 cm³/mol. The number of carbonyl (C=O) groups excluding carboxylic acids is 2. The van der Waals surface area contributed by atoms with E-state index in [1.807, 2.05) is 24.3 Å². The normalized spacial score (nSPS) is 16.4. The van der Waals surface area contributed by atoms with Gasteiger partial charge in [-0.2, -0.15) is 0 Å². The van der Waals surface area contributed by atoms with E-state index >= 15 is 0 Å². The molecule has 1 aromatic carbocycles. The first-order valence-electron chi connectivity index (χ1n) is 8.12. The quantitative estimate of drug-likeness (QED) is 0.840. The third kappa shape index (κ3) is 2.84. The van der Waals surface area contributed by atoms with Crippen LogP contribution in [-0.4, -0.2) is 38.7 Å². The maximum absolute atomic E-state index is 13.1. The van der Waals surface area contributed by atoms with Gasteiger partial charge in [0.25, 0.3) is 5.91 Å². The van der Waals surface area contributed by atoms with Crippen molar-refractivity contribution < 1.29 is 19.5 Å². The lowest BCUT2D eigenvalue weighted by atomic mass is 9.93. The average molecular weight is 340 g/mol. The van der Waals surface area contributed by atoms with E-state index in [1.165, 1.54) is 11.8 Å². The van der Waals surface area contributed by atoms with Gasteiger partial charge in [-0.3, -0.25) is 9.59 Å². The van der Waals surface area contributed by atoms with E-state index < -0.39 is 12.0 Å². The Morgan fingerprint density at radius 1 is 1.16 bits per heavy atom. The van der Waals surface area contributed by atoms with Crippen LogP contribution >= 0.6 is 0 Å². The smallest absolute Gasteiger partial charge is 0.326 e. The number of aromatic nitrogens is 1. The van der Waals surface area contributed by atoms with Gasteiger partial charge in [-0.1, -0.05) is 24.3 Å². The van der Waals surface area contributed by atoms with Crippen molar-refractivity contribution in [3.05, 3.63) is 57.9 Å². The summed E-state index contributed by atoms with van der Waals surface area (Å²) in [7, 11) is 0. The van der Waals surface area contributed by atoms with Crippen LogP contribution in [0.3, 0.4) is 0 Å². The van der Waals surface area contributed by atoms with Gasteiger partial charge >= 0.3 is 5.97 Å². The number of carboxylic acid groups (broad SMARTS) is 1. The molecule has 0 bridgehead atoms. The topological polar surface area (TPSA) is 90.5 Å². The molecule has 0 aliphatic carbocycles. The molecule has 25 heavy (non-hydrogen) atoms. The lowest BCUT2D eigenvalue weighted by molar-refractivity contribution is -0.142. The largest absolute Gasteiger partial charge is 0.480 e. The molecule has 1 aromatic heterocycles. The second-order valence-corrected chi connectivity index (χ2v) is 6.44. The number of hydrogen-bond acceptors (Lipinski definition) is 3. The molecule has 2 aromatic rings. The summed E-state index contributed by atoms with van der Waals surface area (Å²) in [5.41, 5.74) is 3.83. The summed E-state index contributed by atoms with van der Waals surface area (Å²) in [4.78, 5) is 40.9. The zero-order valence-corrected chi connectivity index (χ0v) is 14.4. The second-order valence-electron chi connectivity index (χ2n) is 6.44. The van der Waals surface area contributed by atoms with Crippen LogP contribution in [0.1, 0.15) is 50.2 Å². The molecule has 3 rings (SSSR count). The summed E-state index contributed by atoms with van der Waals surface area (Å²) in [5, 5.41) is 9.61. The first-order chi connectivity index (χ1) is 11.8. The Hall–Kier alpha value is -2.89. The Morgan fingerprint density at radius 2 is 1.80 bits per heavy atom. The molecule has 130 valence electrons. The Bertz CT molecular complexity index is 882. The van der Waals surface area contributed by atoms with Crippen LogP contribution in [0.25, 0.3) is 0 Å². The van der Waals surface area contributed by atoms with Crippen LogP contribution in [0, 0.1) is 13.8 Å². The van der Waals surface area contributed by atoms with Crippen molar-refractivity contribution in [3.63, 3.8) is 0 Å². The van der Waals surface area contributed by atoms with Crippen molar-refractivity contribution in [2.45, 2.75) is 39.8 Å². The number of aliphatic carboxylic acids is 1. The van der Waals surface area contributed by atoms with E-state index in [4.69, 9.17) is 0 Å². The van der Waals surface area contributed by atoms with E-state index in [0.29, 0.717) is 22.5 Å². The Morgan fingerprint density at radius 3 is 2.36 bits per heavy atom. The maximum atomic E-state index is 13.1. The summed E-state index contributed by atoms with van der Waals surface area (Å²) in [6.45, 7) is 5.11. The first-order valence-corrected chi connectivity index (χ1v) is 8.12. The van der Waals surface area contributed by atoms with Crippen molar-refractivity contribution in [1.82, 2.24) is 9.88 Å². The number of rotatable bonds is 3. The fourth-order valence-electron chi connectivity index (χ4n) is 3.52. The number of ketones is 1. The molecule has 0 radical (unpaired) electrons. The van der Waals surface area contributed by atoms with Gasteiger partial charge in [0.2, 0.25) is 0 Å². The van der Waals surface area contributed by atoms with Crippen molar-refractivity contribution in [2.75, 3.05) is 0 Å². The van der Waals surface area contributed by atoms with Crippen LogP contribution in [-0.2, 0) is 17.8 Å². The summed E-state index contributed by atoms with van der Waals surface area (Å²) in [5.74, 6) is -1.54. The van der Waals surface area contributed by atoms with Gasteiger partial charge < -0.3 is 15.0 Å². The van der Waals surface area contributed by atoms with E-state index in [0.717, 1.165) is 11.1 Å². The number of carboxylic acids is 1. The number of nitrogens with zero attached hydrogens (tertiary/aromatic N) is 1. The minimum Gasteiger partial charge on any atom is -0.480 e. The van der Waals surface area contributed by atoms with E-state index in [9.17, 15) is 19.5 Å². The molecular formula is C19H20N2O4. The highest BCUT2D eigenvalue weighted by Crippen LogP contribution is 2.28. The predicted octanol–water partition coefficient (Wildman–Crippen LogP) is 2.49. The number of carbonyl (C=O) groups is 3. The van der Waals surface area contributed by atoms with Gasteiger partial charge in [0.1, 0.15) is 6.04 Å². The number of H-pyrrole nitrogens is 1. The number of hydrogen-bond donors (Lipinski definition) is 2. The minimum absolute atomic E-state index is 0.154. The monoisotopic (exact) mass is 340 g/mol. The van der Waals surface area contributed by atoms with Crippen molar-refractivity contribution in [3.8, 4) is 0 Å². The number of aryl methyl sites for hydroxylation is 1. The molecule has 2 N–H and O–H groups in total.